The molecular formula is C26H25N3O4S2. The van der Waals surface area contributed by atoms with Crippen molar-refractivity contribution < 1.29 is 18.3 Å². The first-order valence-electron chi connectivity index (χ1n) is 11.4. The van der Waals surface area contributed by atoms with Crippen LogP contribution in [0.15, 0.2) is 77.7 Å². The summed E-state index contributed by atoms with van der Waals surface area (Å²) >= 11 is 0.986. The molecular weight excluding hydrogens is 482 g/mol. The fraction of sp³-hybridized carbons (Fsp3) is 0.269. The lowest BCUT2D eigenvalue weighted by Crippen LogP contribution is -2.47. The van der Waals surface area contributed by atoms with Crippen LogP contribution >= 0.6 is 11.7 Å². The van der Waals surface area contributed by atoms with Gasteiger partial charge in [0.05, 0.1) is 28.0 Å². The van der Waals surface area contributed by atoms with Crippen molar-refractivity contribution in [2.45, 2.75) is 35.5 Å². The molecule has 4 aromatic rings. The number of sulfone groups is 1. The highest BCUT2D eigenvalue weighted by atomic mass is 32.2. The van der Waals surface area contributed by atoms with E-state index in [0.717, 1.165) is 17.3 Å². The third-order valence-electron chi connectivity index (χ3n) is 6.50. The minimum Gasteiger partial charge on any atom is -0.389 e. The summed E-state index contributed by atoms with van der Waals surface area (Å²) in [5.74, 6) is -0.298. The minimum atomic E-state index is -3.62. The Labute approximate surface area is 208 Å². The average Bonchev–Trinajstić information content (AvgIpc) is 3.34. The van der Waals surface area contributed by atoms with E-state index >= 15 is 0 Å². The fourth-order valence-corrected chi connectivity index (χ4v) is 6.66. The summed E-state index contributed by atoms with van der Waals surface area (Å²) in [4.78, 5) is 14.9. The van der Waals surface area contributed by atoms with E-state index in [9.17, 15) is 18.3 Å². The molecule has 0 saturated carbocycles. The Morgan fingerprint density at radius 1 is 0.914 bits per heavy atom. The summed E-state index contributed by atoms with van der Waals surface area (Å²) in [7, 11) is -3.62. The van der Waals surface area contributed by atoms with Crippen LogP contribution in [0.25, 0.3) is 11.0 Å². The van der Waals surface area contributed by atoms with E-state index in [1.165, 1.54) is 0 Å². The zero-order valence-electron chi connectivity index (χ0n) is 19.0. The number of carbonyl (C=O) groups is 1. The zero-order chi connectivity index (χ0) is 24.5. The third-order valence-corrected chi connectivity index (χ3v) is 8.75. The average molecular weight is 508 g/mol. The quantitative estimate of drug-likeness (QED) is 0.425. The SMILES string of the molecule is O=C(c1ccc(CS(=O)(=O)c2cccc3nsnc23)cc1)N1CCC(O)(Cc2ccccc2)CC1. The molecule has 1 N–H and O–H groups in total. The van der Waals surface area contributed by atoms with Gasteiger partial charge in [-0.3, -0.25) is 4.79 Å². The predicted octanol–water partition coefficient (Wildman–Crippen LogP) is 3.88. The Kier molecular flexibility index (Phi) is 6.39. The van der Waals surface area contributed by atoms with Crippen LogP contribution < -0.4 is 0 Å². The van der Waals surface area contributed by atoms with Gasteiger partial charge < -0.3 is 10.0 Å². The number of hydrogen-bond donors (Lipinski definition) is 1. The second-order valence-corrected chi connectivity index (χ2v) is 11.5. The monoisotopic (exact) mass is 507 g/mol. The van der Waals surface area contributed by atoms with E-state index in [4.69, 9.17) is 0 Å². The molecule has 0 bridgehead atoms. The Hall–Kier alpha value is -3.14. The maximum Gasteiger partial charge on any atom is 0.253 e. The number of nitrogens with zero attached hydrogens (tertiary/aromatic N) is 3. The van der Waals surface area contributed by atoms with Gasteiger partial charge >= 0.3 is 0 Å². The molecule has 2 heterocycles. The van der Waals surface area contributed by atoms with Gasteiger partial charge in [-0.1, -0.05) is 48.5 Å². The molecule has 0 aliphatic carbocycles. The number of carbonyl (C=O) groups excluding carboxylic acids is 1. The molecule has 1 aliphatic heterocycles. The van der Waals surface area contributed by atoms with Gasteiger partial charge in [0.15, 0.2) is 9.84 Å². The Morgan fingerprint density at radius 2 is 1.63 bits per heavy atom. The van der Waals surface area contributed by atoms with E-state index in [0.29, 0.717) is 54.5 Å². The highest BCUT2D eigenvalue weighted by Crippen LogP contribution is 2.28. The third kappa shape index (κ3) is 5.12. The van der Waals surface area contributed by atoms with Crippen LogP contribution in [0.2, 0.25) is 0 Å². The van der Waals surface area contributed by atoms with Gasteiger partial charge in [0.25, 0.3) is 5.91 Å². The van der Waals surface area contributed by atoms with Gasteiger partial charge in [-0.05, 0) is 48.2 Å². The molecule has 35 heavy (non-hydrogen) atoms. The molecule has 1 amide bonds. The maximum atomic E-state index is 13.0. The first kappa shape index (κ1) is 23.6. The van der Waals surface area contributed by atoms with E-state index in [2.05, 4.69) is 8.75 Å². The second kappa shape index (κ2) is 9.49. The summed E-state index contributed by atoms with van der Waals surface area (Å²) in [5.41, 5.74) is 2.33. The second-order valence-electron chi connectivity index (χ2n) is 9.02. The van der Waals surface area contributed by atoms with Crippen molar-refractivity contribution in [1.29, 1.82) is 0 Å². The molecule has 1 aliphatic rings. The number of likely N-dealkylation sites (tertiary alicyclic amines) is 1. The van der Waals surface area contributed by atoms with Crippen LogP contribution in [0.1, 0.15) is 34.3 Å². The highest BCUT2D eigenvalue weighted by molar-refractivity contribution is 7.90. The van der Waals surface area contributed by atoms with Gasteiger partial charge in [0.2, 0.25) is 0 Å². The van der Waals surface area contributed by atoms with Crippen molar-refractivity contribution in [3.63, 3.8) is 0 Å². The first-order chi connectivity index (χ1) is 16.8. The Morgan fingerprint density at radius 3 is 2.34 bits per heavy atom. The van der Waals surface area contributed by atoms with Gasteiger partial charge in [0, 0.05) is 25.1 Å². The van der Waals surface area contributed by atoms with Crippen molar-refractivity contribution in [3.8, 4) is 0 Å². The van der Waals surface area contributed by atoms with E-state index in [1.807, 2.05) is 30.3 Å². The first-order valence-corrected chi connectivity index (χ1v) is 13.8. The van der Waals surface area contributed by atoms with Crippen molar-refractivity contribution in [1.82, 2.24) is 13.6 Å². The van der Waals surface area contributed by atoms with Crippen LogP contribution in [0.5, 0.6) is 0 Å². The van der Waals surface area contributed by atoms with E-state index < -0.39 is 15.4 Å². The highest BCUT2D eigenvalue weighted by Gasteiger charge is 2.34. The molecule has 9 heteroatoms. The number of piperidine rings is 1. The number of rotatable bonds is 6. The number of fused-ring (bicyclic) bond motifs is 1. The van der Waals surface area contributed by atoms with E-state index in [-0.39, 0.29) is 16.6 Å². The normalized spacial score (nSPS) is 15.9. The van der Waals surface area contributed by atoms with Crippen molar-refractivity contribution in [2.75, 3.05) is 13.1 Å². The lowest BCUT2D eigenvalue weighted by molar-refractivity contribution is -0.0162. The summed E-state index contributed by atoms with van der Waals surface area (Å²) in [5, 5.41) is 11.0. The topological polar surface area (TPSA) is 100 Å². The lowest BCUT2D eigenvalue weighted by Gasteiger charge is -2.38. The zero-order valence-corrected chi connectivity index (χ0v) is 20.6. The number of aliphatic hydroxyl groups is 1. The molecule has 1 aromatic heterocycles. The van der Waals surface area contributed by atoms with E-state index in [1.54, 1.807) is 47.4 Å². The van der Waals surface area contributed by atoms with Crippen molar-refractivity contribution in [3.05, 3.63) is 89.5 Å². The predicted molar refractivity (Wildman–Crippen MR) is 135 cm³/mol. The summed E-state index contributed by atoms with van der Waals surface area (Å²) < 4.78 is 34.3. The largest absolute Gasteiger partial charge is 0.389 e. The smallest absolute Gasteiger partial charge is 0.253 e. The number of amides is 1. The molecule has 0 atom stereocenters. The minimum absolute atomic E-state index is 0.112. The summed E-state index contributed by atoms with van der Waals surface area (Å²) in [6.45, 7) is 0.952. The number of hydrogen-bond acceptors (Lipinski definition) is 7. The van der Waals surface area contributed by atoms with Crippen LogP contribution in [0, 0.1) is 0 Å². The molecule has 1 saturated heterocycles. The molecule has 3 aromatic carbocycles. The van der Waals surface area contributed by atoms with Crippen LogP contribution in [-0.4, -0.2) is 51.8 Å². The molecule has 0 radical (unpaired) electrons. The summed E-state index contributed by atoms with van der Waals surface area (Å²) in [6, 6.07) is 21.5. The maximum absolute atomic E-state index is 13.0. The van der Waals surface area contributed by atoms with Crippen LogP contribution in [0.3, 0.4) is 0 Å². The fourth-order valence-electron chi connectivity index (χ4n) is 4.53. The molecule has 0 unspecified atom stereocenters. The molecule has 0 spiro atoms. The number of aromatic nitrogens is 2. The van der Waals surface area contributed by atoms with Gasteiger partial charge in [-0.25, -0.2) is 8.42 Å². The molecule has 5 rings (SSSR count). The summed E-state index contributed by atoms with van der Waals surface area (Å²) in [6.07, 6.45) is 1.60. The Balaban J connectivity index is 1.23. The lowest BCUT2D eigenvalue weighted by atomic mass is 9.85. The standard InChI is InChI=1S/C26H25N3O4S2/c30-25(29-15-13-26(31,14-16-29)17-19-5-2-1-3-6-19)21-11-9-20(10-12-21)18-35(32,33)23-8-4-7-22-24(23)28-34-27-22/h1-12,31H,13-18H2. The van der Waals surface area contributed by atoms with Crippen molar-refractivity contribution >= 4 is 38.5 Å². The number of benzene rings is 3. The van der Waals surface area contributed by atoms with Gasteiger partial charge in [-0.2, -0.15) is 8.75 Å². The molecule has 1 fully saturated rings. The van der Waals surface area contributed by atoms with Gasteiger partial charge in [-0.15, -0.1) is 0 Å². The molecule has 180 valence electrons. The van der Waals surface area contributed by atoms with Gasteiger partial charge in [0.1, 0.15) is 11.0 Å². The van der Waals surface area contributed by atoms with Crippen molar-refractivity contribution in [2.24, 2.45) is 0 Å². The van der Waals surface area contributed by atoms with Crippen LogP contribution in [0.4, 0.5) is 0 Å². The molecule has 7 nitrogen and oxygen atoms in total. The Bertz CT molecular complexity index is 1440. The van der Waals surface area contributed by atoms with Crippen LogP contribution in [-0.2, 0) is 22.0 Å².